The van der Waals surface area contributed by atoms with Crippen LogP contribution in [0.25, 0.3) is 0 Å². The summed E-state index contributed by atoms with van der Waals surface area (Å²) in [5, 5.41) is 0. The van der Waals surface area contributed by atoms with Crippen molar-refractivity contribution in [3.8, 4) is 0 Å². The van der Waals surface area contributed by atoms with Crippen LogP contribution in [-0.2, 0) is 20.7 Å². The zero-order valence-electron chi connectivity index (χ0n) is 20.5. The fraction of sp³-hybridized carbons (Fsp3) is 0.481. The molecule has 0 aliphatic carbocycles. The lowest BCUT2D eigenvalue weighted by atomic mass is 9.79. The number of aryl methyl sites for hydroxylation is 3. The van der Waals surface area contributed by atoms with Gasteiger partial charge in [-0.1, -0.05) is 80.3 Å². The van der Waals surface area contributed by atoms with E-state index in [1.807, 2.05) is 63.2 Å². The number of ketones is 1. The van der Waals surface area contributed by atoms with Crippen molar-refractivity contribution in [2.24, 2.45) is 17.3 Å². The molecule has 0 heterocycles. The van der Waals surface area contributed by atoms with Crippen LogP contribution in [0.5, 0.6) is 0 Å². The molecule has 0 aliphatic heterocycles. The molecule has 5 heteroatoms. The summed E-state index contributed by atoms with van der Waals surface area (Å²) in [6.07, 6.45) is 1.44. The minimum absolute atomic E-state index is 0.121. The highest BCUT2D eigenvalue weighted by molar-refractivity contribution is 7.00. The van der Waals surface area contributed by atoms with Crippen molar-refractivity contribution in [3.05, 3.63) is 70.3 Å². The van der Waals surface area contributed by atoms with Gasteiger partial charge in [0.1, 0.15) is 12.5 Å². The maximum Gasteiger partial charge on any atom is 0.317 e. The lowest BCUT2D eigenvalue weighted by Crippen LogP contribution is -2.30. The Morgan fingerprint density at radius 3 is 2.00 bits per heavy atom. The monoisotopic (exact) mass is 457 g/mol. The molecule has 0 spiro atoms. The molecule has 2 rings (SSSR count). The summed E-state index contributed by atoms with van der Waals surface area (Å²) >= 11 is 0. The smallest absolute Gasteiger partial charge is 0.317 e. The standard InChI is InChI=1S/C27H36O3.H2OP/c1-18-13-20(3)24(21(4)14-18)25(28)23(15-19(2)16-27(5,6)7)26(29)30-17-22-11-9-8-10-12-22;1-2/h8-14,19,23H,15-17H2,1-7H3;2H2/q;+1. The molecule has 174 valence electrons. The van der Waals surface area contributed by atoms with Gasteiger partial charge in [-0.15, -0.1) is 0 Å². The van der Waals surface area contributed by atoms with Crippen LogP contribution in [0.2, 0.25) is 0 Å². The molecule has 3 unspecified atom stereocenters. The normalized spacial score (nSPS) is 12.8. The van der Waals surface area contributed by atoms with Crippen molar-refractivity contribution in [2.45, 2.75) is 67.9 Å². The quantitative estimate of drug-likeness (QED) is 0.189. The molecule has 4 nitrogen and oxygen atoms in total. The second-order valence-corrected chi connectivity index (χ2v) is 9.89. The fourth-order valence-corrected chi connectivity index (χ4v) is 4.41. The number of carbonyl (C=O) groups is 2. The average molecular weight is 458 g/mol. The van der Waals surface area contributed by atoms with Crippen LogP contribution < -0.4 is 0 Å². The third-order valence-electron chi connectivity index (χ3n) is 5.35. The topological polar surface area (TPSA) is 60.4 Å². The van der Waals surface area contributed by atoms with Crippen LogP contribution in [0.4, 0.5) is 0 Å². The first-order chi connectivity index (χ1) is 15.0. The third-order valence-corrected chi connectivity index (χ3v) is 5.35. The number of rotatable bonds is 8. The molecule has 0 N–H and O–H groups in total. The van der Waals surface area contributed by atoms with Crippen molar-refractivity contribution < 1.29 is 18.9 Å². The molecule has 2 aromatic carbocycles. The summed E-state index contributed by atoms with van der Waals surface area (Å²) < 4.78 is 13.8. The first-order valence-electron chi connectivity index (χ1n) is 11.0. The van der Waals surface area contributed by atoms with E-state index in [1.54, 1.807) is 0 Å². The Balaban J connectivity index is 0.00000249. The van der Waals surface area contributed by atoms with Gasteiger partial charge in [-0.05, 0) is 61.6 Å². The Morgan fingerprint density at radius 1 is 0.969 bits per heavy atom. The Bertz CT molecular complexity index is 877. The van der Waals surface area contributed by atoms with Gasteiger partial charge < -0.3 is 4.74 Å². The van der Waals surface area contributed by atoms with Crippen molar-refractivity contribution in [3.63, 3.8) is 0 Å². The molecular weight excluding hydrogens is 419 g/mol. The number of ether oxygens (including phenoxy) is 1. The first kappa shape index (κ1) is 27.7. The Kier molecular flexibility index (Phi) is 11.0. The molecule has 3 atom stereocenters. The molecule has 0 aromatic heterocycles. The van der Waals surface area contributed by atoms with Crippen LogP contribution in [0.15, 0.2) is 42.5 Å². The predicted octanol–water partition coefficient (Wildman–Crippen LogP) is 6.82. The van der Waals surface area contributed by atoms with Crippen molar-refractivity contribution in [1.29, 1.82) is 0 Å². The van der Waals surface area contributed by atoms with Crippen LogP contribution in [0.1, 0.15) is 73.1 Å². The molecule has 2 aromatic rings. The van der Waals surface area contributed by atoms with Gasteiger partial charge in [0, 0.05) is 5.56 Å². The third kappa shape index (κ3) is 8.67. The molecule has 0 amide bonds. The molecule has 0 bridgehead atoms. The number of hydrogen-bond acceptors (Lipinski definition) is 4. The molecule has 0 aliphatic rings. The Hall–Kier alpha value is -2.32. The SMILES string of the molecule is Cc1cc(C)c(C(=O)C(CC(C)CC(C)(C)C)C(=O)OCc2ccccc2)c(C)c1.O=[PH2+]. The second-order valence-electron chi connectivity index (χ2n) is 9.89. The van der Waals surface area contributed by atoms with Crippen molar-refractivity contribution in [1.82, 2.24) is 0 Å². The number of carbonyl (C=O) groups excluding carboxylic acids is 2. The first-order valence-corrected chi connectivity index (χ1v) is 11.5. The fourth-order valence-electron chi connectivity index (χ4n) is 4.41. The number of Topliss-reactive ketones (excluding diaryl/α,β-unsaturated/α-hetero) is 1. The molecule has 0 radical (unpaired) electrons. The highest BCUT2D eigenvalue weighted by Gasteiger charge is 2.33. The van der Waals surface area contributed by atoms with E-state index in [2.05, 4.69) is 27.7 Å². The second kappa shape index (κ2) is 12.6. The summed E-state index contributed by atoms with van der Waals surface area (Å²) in [6.45, 7) is 14.8. The highest BCUT2D eigenvalue weighted by Crippen LogP contribution is 2.31. The van der Waals surface area contributed by atoms with E-state index in [1.165, 1.54) is 9.12 Å². The molecule has 32 heavy (non-hydrogen) atoms. The summed E-state index contributed by atoms with van der Waals surface area (Å²) in [7, 11) is 1.17. The van der Waals surface area contributed by atoms with Gasteiger partial charge in [0.2, 0.25) is 0 Å². The van der Waals surface area contributed by atoms with E-state index in [0.29, 0.717) is 12.0 Å². The molecule has 0 saturated heterocycles. The number of esters is 1. The Morgan fingerprint density at radius 2 is 1.50 bits per heavy atom. The largest absolute Gasteiger partial charge is 0.460 e. The zero-order chi connectivity index (χ0) is 24.5. The minimum Gasteiger partial charge on any atom is -0.460 e. The maximum atomic E-state index is 13.6. The van der Waals surface area contributed by atoms with E-state index in [-0.39, 0.29) is 23.7 Å². The van der Waals surface area contributed by atoms with Gasteiger partial charge in [-0.3, -0.25) is 9.59 Å². The van der Waals surface area contributed by atoms with Crippen LogP contribution in [0, 0.1) is 38.0 Å². The van der Waals surface area contributed by atoms with Gasteiger partial charge in [-0.2, -0.15) is 0 Å². The van der Waals surface area contributed by atoms with E-state index >= 15 is 0 Å². The van der Waals surface area contributed by atoms with Crippen LogP contribution >= 0.6 is 9.12 Å². The van der Waals surface area contributed by atoms with Gasteiger partial charge in [-0.25, -0.2) is 0 Å². The van der Waals surface area contributed by atoms with Crippen LogP contribution in [-0.4, -0.2) is 11.8 Å². The van der Waals surface area contributed by atoms with Gasteiger partial charge in [0.25, 0.3) is 0 Å². The summed E-state index contributed by atoms with van der Waals surface area (Å²) in [5.74, 6) is -1.10. The predicted molar refractivity (Wildman–Crippen MR) is 133 cm³/mol. The van der Waals surface area contributed by atoms with Gasteiger partial charge in [0.15, 0.2) is 5.78 Å². The maximum absolute atomic E-state index is 13.6. The van der Waals surface area contributed by atoms with E-state index in [4.69, 9.17) is 9.30 Å². The summed E-state index contributed by atoms with van der Waals surface area (Å²) in [4.78, 5) is 26.6. The highest BCUT2D eigenvalue weighted by atomic mass is 31.0. The lowest BCUT2D eigenvalue weighted by Gasteiger charge is -2.26. The van der Waals surface area contributed by atoms with Gasteiger partial charge >= 0.3 is 15.1 Å². The van der Waals surface area contributed by atoms with Crippen LogP contribution in [0.3, 0.4) is 0 Å². The summed E-state index contributed by atoms with van der Waals surface area (Å²) in [6, 6.07) is 13.6. The van der Waals surface area contributed by atoms with Gasteiger partial charge in [0.05, 0.1) is 0 Å². The average Bonchev–Trinajstić information content (AvgIpc) is 2.70. The Labute approximate surface area is 195 Å². The van der Waals surface area contributed by atoms with Crippen molar-refractivity contribution >= 4 is 20.9 Å². The number of benzene rings is 2. The van der Waals surface area contributed by atoms with E-state index in [0.717, 1.165) is 28.7 Å². The minimum atomic E-state index is -0.786. The van der Waals surface area contributed by atoms with Crippen molar-refractivity contribution in [2.75, 3.05) is 0 Å². The summed E-state index contributed by atoms with van der Waals surface area (Å²) in [5.41, 5.74) is 4.67. The van der Waals surface area contributed by atoms with E-state index in [9.17, 15) is 9.59 Å². The zero-order valence-corrected chi connectivity index (χ0v) is 21.7. The van der Waals surface area contributed by atoms with E-state index < -0.39 is 11.9 Å². The molecule has 0 fully saturated rings. The lowest BCUT2D eigenvalue weighted by molar-refractivity contribution is -0.148. The molecule has 0 saturated carbocycles. The number of hydrogen-bond donors (Lipinski definition) is 0. The molecular formula is C27H38O4P+.